The van der Waals surface area contributed by atoms with Gasteiger partial charge in [-0.2, -0.15) is 0 Å². The first-order valence-corrected chi connectivity index (χ1v) is 14.0. The number of hydrogen-bond acceptors (Lipinski definition) is 3. The Morgan fingerprint density at radius 1 is 0.795 bits per heavy atom. The van der Waals surface area contributed by atoms with E-state index in [0.29, 0.717) is 0 Å². The zero-order valence-corrected chi connectivity index (χ0v) is 22.4. The Morgan fingerprint density at radius 3 is 2.18 bits per heavy atom. The number of nitrogens with zero attached hydrogens (tertiary/aromatic N) is 2. The molecule has 0 saturated heterocycles. The van der Waals surface area contributed by atoms with Gasteiger partial charge >= 0.3 is 0 Å². The molecule has 0 atom stereocenters. The van der Waals surface area contributed by atoms with Gasteiger partial charge in [0.2, 0.25) is 0 Å². The molecular formula is C35H24N2OS. The van der Waals surface area contributed by atoms with Crippen LogP contribution in [0.3, 0.4) is 0 Å². The lowest BCUT2D eigenvalue weighted by atomic mass is 9.99. The fraction of sp³-hybridized carbons (Fsp3) is 0.0571. The number of furan rings is 1. The lowest BCUT2D eigenvalue weighted by Gasteiger charge is -2.06. The minimum atomic E-state index is 0.886. The summed E-state index contributed by atoms with van der Waals surface area (Å²) in [7, 11) is 0. The van der Waals surface area contributed by atoms with Gasteiger partial charge in [0, 0.05) is 21.7 Å². The highest BCUT2D eigenvalue weighted by molar-refractivity contribution is 7.21. The van der Waals surface area contributed by atoms with Gasteiger partial charge in [-0.05, 0) is 54.8 Å². The first-order chi connectivity index (χ1) is 19.2. The molecule has 186 valence electrons. The van der Waals surface area contributed by atoms with Gasteiger partial charge in [0.25, 0.3) is 0 Å². The molecule has 0 aliphatic heterocycles. The molecule has 0 N–H and O–H groups in total. The number of aryl methyl sites for hydroxylation is 1. The molecule has 8 aromatic rings. The highest BCUT2D eigenvalue weighted by Crippen LogP contribution is 2.43. The molecule has 0 radical (unpaired) electrons. The fourth-order valence-corrected chi connectivity index (χ4v) is 6.88. The maximum atomic E-state index is 6.54. The molecule has 0 spiro atoms. The summed E-state index contributed by atoms with van der Waals surface area (Å²) in [6.07, 6.45) is 2.26. The Bertz CT molecular complexity index is 2210. The van der Waals surface area contributed by atoms with Gasteiger partial charge in [0.05, 0.1) is 26.6 Å². The zero-order valence-electron chi connectivity index (χ0n) is 21.6. The van der Waals surface area contributed by atoms with Crippen molar-refractivity contribution in [2.75, 3.05) is 0 Å². The van der Waals surface area contributed by atoms with Gasteiger partial charge in [-0.25, -0.2) is 4.98 Å². The van der Waals surface area contributed by atoms with Crippen molar-refractivity contribution >= 4 is 76.9 Å². The Hall–Kier alpha value is -4.67. The second-order valence-corrected chi connectivity index (χ2v) is 11.1. The smallest absolute Gasteiger partial charge is 0.195 e. The van der Waals surface area contributed by atoms with E-state index in [9.17, 15) is 0 Å². The first kappa shape index (κ1) is 22.3. The van der Waals surface area contributed by atoms with Crippen molar-refractivity contribution < 1.29 is 4.42 Å². The summed E-state index contributed by atoms with van der Waals surface area (Å²) >= 11 is 1.74. The van der Waals surface area contributed by atoms with Gasteiger partial charge in [-0.15, -0.1) is 0 Å². The van der Waals surface area contributed by atoms with Gasteiger partial charge < -0.3 is 4.42 Å². The number of aromatic nitrogens is 2. The lowest BCUT2D eigenvalue weighted by Crippen LogP contribution is -1.92. The average molecular weight is 521 g/mol. The minimum Gasteiger partial charge on any atom is -0.455 e. The average Bonchev–Trinajstić information content (AvgIpc) is 3.65. The number of thiazole rings is 1. The van der Waals surface area contributed by atoms with Crippen molar-refractivity contribution in [3.8, 4) is 5.13 Å². The predicted octanol–water partition coefficient (Wildman–Crippen LogP) is 10.2. The molecule has 0 saturated carbocycles. The Morgan fingerprint density at radius 2 is 1.44 bits per heavy atom. The van der Waals surface area contributed by atoms with E-state index in [1.54, 1.807) is 11.3 Å². The molecule has 3 nitrogen and oxygen atoms in total. The van der Waals surface area contributed by atoms with E-state index in [4.69, 9.17) is 9.40 Å². The van der Waals surface area contributed by atoms with Gasteiger partial charge in [-0.3, -0.25) is 4.57 Å². The highest BCUT2D eigenvalue weighted by Gasteiger charge is 2.21. The molecule has 3 heterocycles. The summed E-state index contributed by atoms with van der Waals surface area (Å²) in [5.74, 6) is 0. The summed E-state index contributed by atoms with van der Waals surface area (Å²) in [4.78, 5) is 5.31. The Balaban J connectivity index is 1.46. The van der Waals surface area contributed by atoms with Crippen LogP contribution in [0.1, 0.15) is 23.6 Å². The number of para-hydroxylation sites is 3. The van der Waals surface area contributed by atoms with E-state index in [2.05, 4.69) is 115 Å². The Labute approximate surface area is 229 Å². The second-order valence-electron chi connectivity index (χ2n) is 10.1. The van der Waals surface area contributed by atoms with Crippen LogP contribution in [0.5, 0.6) is 0 Å². The van der Waals surface area contributed by atoms with Gasteiger partial charge in [-0.1, -0.05) is 96.3 Å². The van der Waals surface area contributed by atoms with Crippen LogP contribution in [0, 0.1) is 6.92 Å². The van der Waals surface area contributed by atoms with Gasteiger partial charge in [0.15, 0.2) is 5.13 Å². The normalized spacial score (nSPS) is 12.5. The highest BCUT2D eigenvalue weighted by atomic mass is 32.1. The molecule has 8 rings (SSSR count). The van der Waals surface area contributed by atoms with Crippen LogP contribution in [0.2, 0.25) is 0 Å². The predicted molar refractivity (Wildman–Crippen MR) is 166 cm³/mol. The van der Waals surface area contributed by atoms with Crippen LogP contribution in [-0.4, -0.2) is 9.55 Å². The van der Waals surface area contributed by atoms with Gasteiger partial charge in [0.1, 0.15) is 11.2 Å². The summed E-state index contributed by atoms with van der Waals surface area (Å²) in [6, 6.07) is 36.2. The zero-order chi connectivity index (χ0) is 26.1. The molecule has 5 aromatic carbocycles. The largest absolute Gasteiger partial charge is 0.455 e. The molecule has 39 heavy (non-hydrogen) atoms. The molecule has 0 amide bonds. The number of rotatable bonds is 3. The van der Waals surface area contributed by atoms with Crippen molar-refractivity contribution in [3.63, 3.8) is 0 Å². The standard InChI is InChI=1S/C35H24N2OS/c1-21-11-3-4-12-23(21)19-22(2)27-20-31-33(32-26-15-7-10-18-30(26)38-34(27)32)36-35(39-31)37-28-16-8-5-13-24(28)25-14-6-9-17-29(25)37/h3-20H,1-2H3/b22-19+. The van der Waals surface area contributed by atoms with Crippen LogP contribution in [0.4, 0.5) is 0 Å². The first-order valence-electron chi connectivity index (χ1n) is 13.1. The van der Waals surface area contributed by atoms with Crippen LogP contribution < -0.4 is 0 Å². The maximum Gasteiger partial charge on any atom is 0.195 e. The van der Waals surface area contributed by atoms with Crippen molar-refractivity contribution in [2.45, 2.75) is 13.8 Å². The van der Waals surface area contributed by atoms with E-state index in [1.807, 2.05) is 12.1 Å². The molecule has 3 aromatic heterocycles. The molecule has 4 heteroatoms. The summed E-state index contributed by atoms with van der Waals surface area (Å²) in [5.41, 5.74) is 9.85. The third kappa shape index (κ3) is 3.32. The van der Waals surface area contributed by atoms with E-state index >= 15 is 0 Å². The van der Waals surface area contributed by atoms with Crippen LogP contribution in [0.25, 0.3) is 70.7 Å². The number of benzene rings is 5. The van der Waals surface area contributed by atoms with Crippen molar-refractivity contribution in [3.05, 3.63) is 120 Å². The summed E-state index contributed by atoms with van der Waals surface area (Å²) in [5, 5.41) is 5.63. The molecule has 0 aliphatic carbocycles. The fourth-order valence-electron chi connectivity index (χ4n) is 5.84. The molecule has 0 bridgehead atoms. The van der Waals surface area contributed by atoms with Crippen LogP contribution >= 0.6 is 11.3 Å². The monoisotopic (exact) mass is 520 g/mol. The van der Waals surface area contributed by atoms with E-state index in [0.717, 1.165) is 42.9 Å². The molecule has 0 aliphatic rings. The number of fused-ring (bicyclic) bond motifs is 8. The van der Waals surface area contributed by atoms with E-state index in [1.165, 1.54) is 38.5 Å². The van der Waals surface area contributed by atoms with E-state index < -0.39 is 0 Å². The SMILES string of the molecule is C/C(=C\c1ccccc1C)c1cc2sc(-n3c4ccccc4c4ccccc43)nc2c2c1oc1ccccc12. The maximum absolute atomic E-state index is 6.54. The van der Waals surface area contributed by atoms with E-state index in [-0.39, 0.29) is 0 Å². The van der Waals surface area contributed by atoms with Crippen LogP contribution in [-0.2, 0) is 0 Å². The lowest BCUT2D eigenvalue weighted by molar-refractivity contribution is 0.668. The van der Waals surface area contributed by atoms with Crippen molar-refractivity contribution in [1.29, 1.82) is 0 Å². The third-order valence-electron chi connectivity index (χ3n) is 7.75. The van der Waals surface area contributed by atoms with Crippen molar-refractivity contribution in [2.24, 2.45) is 0 Å². The number of allylic oxidation sites excluding steroid dienone is 1. The second kappa shape index (κ2) is 8.42. The third-order valence-corrected chi connectivity index (χ3v) is 8.74. The summed E-state index contributed by atoms with van der Waals surface area (Å²) in [6.45, 7) is 4.33. The molecular weight excluding hydrogens is 496 g/mol. The minimum absolute atomic E-state index is 0.886. The number of hydrogen-bond donors (Lipinski definition) is 0. The molecule has 0 fully saturated rings. The van der Waals surface area contributed by atoms with Crippen molar-refractivity contribution in [1.82, 2.24) is 9.55 Å². The van der Waals surface area contributed by atoms with Crippen LogP contribution in [0.15, 0.2) is 108 Å². The Kier molecular flexibility index (Phi) is 4.82. The summed E-state index contributed by atoms with van der Waals surface area (Å²) < 4.78 is 9.99. The topological polar surface area (TPSA) is 31.0 Å². The molecule has 0 unspecified atom stereocenters. The quantitative estimate of drug-likeness (QED) is 0.217.